The molecular formula is C11H20N2O4. The Bertz CT molecular complexity index is 266. The molecule has 0 spiro atoms. The second kappa shape index (κ2) is 7.24. The van der Waals surface area contributed by atoms with Crippen molar-refractivity contribution in [2.75, 3.05) is 20.3 Å². The summed E-state index contributed by atoms with van der Waals surface area (Å²) in [4.78, 5) is 22.1. The molecular weight excluding hydrogens is 224 g/mol. The lowest BCUT2D eigenvalue weighted by Gasteiger charge is -2.12. The number of hydrogen-bond acceptors (Lipinski definition) is 4. The van der Waals surface area contributed by atoms with Crippen LogP contribution in [0.1, 0.15) is 25.7 Å². The number of ether oxygens (including phenoxy) is 1. The summed E-state index contributed by atoms with van der Waals surface area (Å²) in [7, 11) is 1.46. The Morgan fingerprint density at radius 2 is 2.18 bits per heavy atom. The van der Waals surface area contributed by atoms with Gasteiger partial charge in [-0.25, -0.2) is 0 Å². The molecule has 0 aromatic carbocycles. The highest BCUT2D eigenvalue weighted by atomic mass is 16.5. The zero-order valence-corrected chi connectivity index (χ0v) is 10.1. The van der Waals surface area contributed by atoms with Gasteiger partial charge in [0.15, 0.2) is 0 Å². The monoisotopic (exact) mass is 244 g/mol. The summed E-state index contributed by atoms with van der Waals surface area (Å²) in [6, 6.07) is -0.317. The molecule has 1 unspecified atom stereocenters. The number of carboxylic acids is 1. The first-order valence-corrected chi connectivity index (χ1v) is 5.88. The van der Waals surface area contributed by atoms with Crippen molar-refractivity contribution >= 4 is 11.9 Å². The van der Waals surface area contributed by atoms with Gasteiger partial charge in [-0.2, -0.15) is 0 Å². The Morgan fingerprint density at radius 3 is 2.71 bits per heavy atom. The van der Waals surface area contributed by atoms with E-state index in [1.165, 1.54) is 7.11 Å². The molecule has 0 radical (unpaired) electrons. The maximum atomic E-state index is 11.3. The molecule has 0 bridgehead atoms. The fraction of sp³-hybridized carbons (Fsp3) is 0.818. The van der Waals surface area contributed by atoms with Gasteiger partial charge < -0.3 is 20.5 Å². The molecule has 6 nitrogen and oxygen atoms in total. The summed E-state index contributed by atoms with van der Waals surface area (Å²) in [6.45, 7) is 0.627. The van der Waals surface area contributed by atoms with Gasteiger partial charge in [-0.1, -0.05) is 0 Å². The second-order valence-electron chi connectivity index (χ2n) is 4.25. The number of amides is 1. The third kappa shape index (κ3) is 6.23. The lowest BCUT2D eigenvalue weighted by atomic mass is 10.2. The van der Waals surface area contributed by atoms with E-state index in [-0.39, 0.29) is 12.5 Å². The highest BCUT2D eigenvalue weighted by Gasteiger charge is 2.22. The molecule has 1 saturated carbocycles. The van der Waals surface area contributed by atoms with Crippen molar-refractivity contribution in [2.45, 2.75) is 37.8 Å². The standard InChI is InChI=1S/C11H20N2O4/c1-17-7-9(11(15)16)12-6-2-3-10(14)13-8-4-5-8/h8-9,12H,2-7H2,1H3,(H,13,14)(H,15,16). The predicted octanol–water partition coefficient (Wildman–Crippen LogP) is -0.266. The molecule has 0 saturated heterocycles. The summed E-state index contributed by atoms with van der Waals surface area (Å²) in [5, 5.41) is 14.5. The third-order valence-electron chi connectivity index (χ3n) is 2.55. The SMILES string of the molecule is COCC(NCCCC(=O)NC1CC1)C(=O)O. The minimum Gasteiger partial charge on any atom is -0.480 e. The average molecular weight is 244 g/mol. The Balaban J connectivity index is 2.04. The minimum absolute atomic E-state index is 0.0490. The molecule has 0 aliphatic heterocycles. The van der Waals surface area contributed by atoms with Crippen LogP contribution in [-0.2, 0) is 14.3 Å². The van der Waals surface area contributed by atoms with Gasteiger partial charge in [-0.15, -0.1) is 0 Å². The number of methoxy groups -OCH3 is 1. The Hall–Kier alpha value is -1.14. The van der Waals surface area contributed by atoms with Crippen LogP contribution in [-0.4, -0.2) is 49.3 Å². The smallest absolute Gasteiger partial charge is 0.323 e. The third-order valence-corrected chi connectivity index (χ3v) is 2.55. The summed E-state index contributed by atoms with van der Waals surface area (Å²) >= 11 is 0. The molecule has 1 fully saturated rings. The summed E-state index contributed by atoms with van der Waals surface area (Å²) < 4.78 is 4.78. The number of nitrogens with one attached hydrogen (secondary N) is 2. The van der Waals surface area contributed by atoms with Gasteiger partial charge in [-0.05, 0) is 25.8 Å². The molecule has 98 valence electrons. The van der Waals surface area contributed by atoms with Crippen molar-refractivity contribution in [3.63, 3.8) is 0 Å². The van der Waals surface area contributed by atoms with E-state index in [4.69, 9.17) is 9.84 Å². The van der Waals surface area contributed by atoms with E-state index in [0.29, 0.717) is 25.4 Å². The Morgan fingerprint density at radius 1 is 1.47 bits per heavy atom. The van der Waals surface area contributed by atoms with Crippen molar-refractivity contribution in [1.82, 2.24) is 10.6 Å². The molecule has 3 N–H and O–H groups in total. The van der Waals surface area contributed by atoms with Crippen LogP contribution in [0.2, 0.25) is 0 Å². The van der Waals surface area contributed by atoms with Crippen LogP contribution in [0.25, 0.3) is 0 Å². The first-order chi connectivity index (χ1) is 8.13. The van der Waals surface area contributed by atoms with Gasteiger partial charge in [0.05, 0.1) is 6.61 Å². The van der Waals surface area contributed by atoms with Gasteiger partial charge in [0.25, 0.3) is 0 Å². The summed E-state index contributed by atoms with van der Waals surface area (Å²) in [5.41, 5.74) is 0. The van der Waals surface area contributed by atoms with E-state index >= 15 is 0 Å². The molecule has 1 amide bonds. The van der Waals surface area contributed by atoms with Crippen LogP contribution in [0.5, 0.6) is 0 Å². The Kier molecular flexibility index (Phi) is 5.93. The largest absolute Gasteiger partial charge is 0.480 e. The molecule has 1 atom stereocenters. The fourth-order valence-electron chi connectivity index (χ4n) is 1.44. The first-order valence-electron chi connectivity index (χ1n) is 5.88. The van der Waals surface area contributed by atoms with Crippen LogP contribution in [0.3, 0.4) is 0 Å². The van der Waals surface area contributed by atoms with E-state index in [1.54, 1.807) is 0 Å². The normalized spacial score (nSPS) is 16.5. The van der Waals surface area contributed by atoms with Crippen molar-refractivity contribution < 1.29 is 19.4 Å². The van der Waals surface area contributed by atoms with Gasteiger partial charge in [-0.3, -0.25) is 9.59 Å². The number of carbonyl (C=O) groups excluding carboxylic acids is 1. The minimum atomic E-state index is -0.936. The number of rotatable bonds is 9. The van der Waals surface area contributed by atoms with Gasteiger partial charge in [0.2, 0.25) is 5.91 Å². The first kappa shape index (κ1) is 13.9. The van der Waals surface area contributed by atoms with E-state index in [9.17, 15) is 9.59 Å². The van der Waals surface area contributed by atoms with E-state index in [1.807, 2.05) is 0 Å². The van der Waals surface area contributed by atoms with Crippen molar-refractivity contribution in [3.05, 3.63) is 0 Å². The second-order valence-corrected chi connectivity index (χ2v) is 4.25. The van der Waals surface area contributed by atoms with Crippen LogP contribution in [0, 0.1) is 0 Å². The van der Waals surface area contributed by atoms with Gasteiger partial charge >= 0.3 is 5.97 Å². The quantitative estimate of drug-likeness (QED) is 0.486. The van der Waals surface area contributed by atoms with Gasteiger partial charge in [0, 0.05) is 19.6 Å². The topological polar surface area (TPSA) is 87.7 Å². The zero-order chi connectivity index (χ0) is 12.7. The molecule has 6 heteroatoms. The summed E-state index contributed by atoms with van der Waals surface area (Å²) in [5.74, 6) is -0.887. The van der Waals surface area contributed by atoms with Crippen LogP contribution in [0.15, 0.2) is 0 Å². The Labute approximate surface area is 101 Å². The van der Waals surface area contributed by atoms with Crippen LogP contribution in [0.4, 0.5) is 0 Å². The van der Waals surface area contributed by atoms with E-state index in [0.717, 1.165) is 12.8 Å². The number of hydrogen-bond donors (Lipinski definition) is 3. The van der Waals surface area contributed by atoms with Gasteiger partial charge in [0.1, 0.15) is 6.04 Å². The molecule has 0 aromatic rings. The van der Waals surface area contributed by atoms with Crippen LogP contribution >= 0.6 is 0 Å². The molecule has 1 aliphatic carbocycles. The predicted molar refractivity (Wildman–Crippen MR) is 61.7 cm³/mol. The van der Waals surface area contributed by atoms with Crippen molar-refractivity contribution in [3.8, 4) is 0 Å². The number of carbonyl (C=O) groups is 2. The molecule has 17 heavy (non-hydrogen) atoms. The fourth-order valence-corrected chi connectivity index (χ4v) is 1.44. The molecule has 0 aromatic heterocycles. The molecule has 1 rings (SSSR count). The van der Waals surface area contributed by atoms with E-state index < -0.39 is 12.0 Å². The zero-order valence-electron chi connectivity index (χ0n) is 10.1. The van der Waals surface area contributed by atoms with Crippen molar-refractivity contribution in [2.24, 2.45) is 0 Å². The number of carboxylic acid groups (broad SMARTS) is 1. The molecule has 1 aliphatic rings. The average Bonchev–Trinajstić information content (AvgIpc) is 3.06. The molecule has 0 heterocycles. The lowest BCUT2D eigenvalue weighted by molar-refractivity contribution is -0.140. The maximum absolute atomic E-state index is 11.3. The lowest BCUT2D eigenvalue weighted by Crippen LogP contribution is -2.41. The van der Waals surface area contributed by atoms with E-state index in [2.05, 4.69) is 10.6 Å². The van der Waals surface area contributed by atoms with Crippen LogP contribution < -0.4 is 10.6 Å². The highest BCUT2D eigenvalue weighted by Crippen LogP contribution is 2.18. The maximum Gasteiger partial charge on any atom is 0.323 e. The summed E-state index contributed by atoms with van der Waals surface area (Å²) in [6.07, 6.45) is 3.23. The number of aliphatic carboxylic acids is 1. The highest BCUT2D eigenvalue weighted by molar-refractivity contribution is 5.76. The van der Waals surface area contributed by atoms with Crippen molar-refractivity contribution in [1.29, 1.82) is 0 Å².